The molecule has 0 saturated heterocycles. The monoisotopic (exact) mass is 279 g/mol. The zero-order chi connectivity index (χ0) is 9.42. The predicted octanol–water partition coefficient (Wildman–Crippen LogP) is 3.42. The van der Waals surface area contributed by atoms with Crippen LogP contribution in [0.4, 0.5) is 4.39 Å². The lowest BCUT2D eigenvalue weighted by atomic mass is 10.0. The fourth-order valence-corrected chi connectivity index (χ4v) is 2.13. The maximum atomic E-state index is 13.4. The fraction of sp³-hybridized carbons (Fsp3) is 0.400. The van der Waals surface area contributed by atoms with Gasteiger partial charge >= 0.3 is 0 Å². The van der Waals surface area contributed by atoms with Crippen molar-refractivity contribution in [3.05, 3.63) is 34.1 Å². The van der Waals surface area contributed by atoms with E-state index in [-0.39, 0.29) is 24.3 Å². The van der Waals surface area contributed by atoms with Crippen molar-refractivity contribution in [2.75, 3.05) is 0 Å². The molecule has 1 saturated carbocycles. The Hall–Kier alpha value is -0.120. The van der Waals surface area contributed by atoms with Crippen molar-refractivity contribution in [2.24, 2.45) is 11.7 Å². The van der Waals surface area contributed by atoms with Crippen LogP contribution in [0.5, 0.6) is 0 Å². The Balaban J connectivity index is 0.000000980. The number of halogens is 3. The summed E-state index contributed by atoms with van der Waals surface area (Å²) in [6, 6.07) is 4.83. The highest BCUT2D eigenvalue weighted by Gasteiger charge is 2.32. The van der Waals surface area contributed by atoms with Crippen LogP contribution in [0.1, 0.15) is 24.4 Å². The lowest BCUT2D eigenvalue weighted by molar-refractivity contribution is 0.551. The van der Waals surface area contributed by atoms with E-state index >= 15 is 0 Å². The number of hydrogen-bond donors (Lipinski definition) is 1. The molecule has 14 heavy (non-hydrogen) atoms. The Morgan fingerprint density at radius 3 is 2.57 bits per heavy atom. The molecule has 1 aromatic carbocycles. The summed E-state index contributed by atoms with van der Waals surface area (Å²) in [5.41, 5.74) is 6.56. The van der Waals surface area contributed by atoms with Gasteiger partial charge in [0.2, 0.25) is 0 Å². The Labute approximate surface area is 97.4 Å². The second-order valence-corrected chi connectivity index (χ2v) is 4.35. The first kappa shape index (κ1) is 12.0. The lowest BCUT2D eigenvalue weighted by Crippen LogP contribution is -2.14. The third-order valence-electron chi connectivity index (χ3n) is 2.46. The van der Waals surface area contributed by atoms with Gasteiger partial charge in [-0.15, -0.1) is 12.4 Å². The minimum absolute atomic E-state index is 0. The van der Waals surface area contributed by atoms with Crippen molar-refractivity contribution >= 4 is 28.3 Å². The summed E-state index contributed by atoms with van der Waals surface area (Å²) in [6.07, 6.45) is 2.25. The SMILES string of the molecule is Cl.N[C@H](c1c(F)cccc1Br)C1CC1. The molecule has 4 heteroatoms. The molecule has 1 atom stereocenters. The number of benzene rings is 1. The first-order valence-electron chi connectivity index (χ1n) is 4.39. The molecule has 0 amide bonds. The average molecular weight is 281 g/mol. The van der Waals surface area contributed by atoms with E-state index in [9.17, 15) is 4.39 Å². The molecule has 1 nitrogen and oxygen atoms in total. The summed E-state index contributed by atoms with van der Waals surface area (Å²) in [7, 11) is 0. The van der Waals surface area contributed by atoms with Crippen LogP contribution in [0.15, 0.2) is 22.7 Å². The maximum absolute atomic E-state index is 13.4. The van der Waals surface area contributed by atoms with Crippen LogP contribution < -0.4 is 5.73 Å². The summed E-state index contributed by atoms with van der Waals surface area (Å²) in [5.74, 6) is 0.280. The minimum Gasteiger partial charge on any atom is -0.324 e. The van der Waals surface area contributed by atoms with Gasteiger partial charge in [0.1, 0.15) is 5.82 Å². The van der Waals surface area contributed by atoms with Crippen LogP contribution in [0.2, 0.25) is 0 Å². The van der Waals surface area contributed by atoms with Crippen LogP contribution in [-0.4, -0.2) is 0 Å². The van der Waals surface area contributed by atoms with Crippen molar-refractivity contribution < 1.29 is 4.39 Å². The molecule has 0 radical (unpaired) electrons. The Bertz CT molecular complexity index is 308. The standard InChI is InChI=1S/C10H11BrFN.ClH/c11-7-2-1-3-8(12)9(7)10(13)6-4-5-6;/h1-3,6,10H,4-5,13H2;1H/t10-;/m0./s1. The third kappa shape index (κ3) is 2.27. The van der Waals surface area contributed by atoms with Gasteiger partial charge in [-0.2, -0.15) is 0 Å². The second-order valence-electron chi connectivity index (χ2n) is 3.50. The van der Waals surface area contributed by atoms with Gasteiger partial charge in [-0.3, -0.25) is 0 Å². The molecule has 78 valence electrons. The van der Waals surface area contributed by atoms with Gasteiger partial charge in [0, 0.05) is 16.1 Å². The minimum atomic E-state index is -0.200. The van der Waals surface area contributed by atoms with Crippen LogP contribution in [-0.2, 0) is 0 Å². The van der Waals surface area contributed by atoms with Crippen molar-refractivity contribution in [1.82, 2.24) is 0 Å². The van der Waals surface area contributed by atoms with E-state index in [1.165, 1.54) is 6.07 Å². The van der Waals surface area contributed by atoms with Crippen LogP contribution in [0.25, 0.3) is 0 Å². The number of nitrogens with two attached hydrogens (primary N) is 1. The van der Waals surface area contributed by atoms with E-state index in [1.807, 2.05) is 6.07 Å². The maximum Gasteiger partial charge on any atom is 0.129 e. The van der Waals surface area contributed by atoms with Crippen LogP contribution in [0.3, 0.4) is 0 Å². The first-order valence-corrected chi connectivity index (χ1v) is 5.19. The van der Waals surface area contributed by atoms with Crippen molar-refractivity contribution in [3.8, 4) is 0 Å². The summed E-state index contributed by atoms with van der Waals surface area (Å²) in [6.45, 7) is 0. The van der Waals surface area contributed by atoms with Gasteiger partial charge in [-0.05, 0) is 30.9 Å². The Morgan fingerprint density at radius 2 is 2.07 bits per heavy atom. The highest BCUT2D eigenvalue weighted by molar-refractivity contribution is 9.10. The fourth-order valence-electron chi connectivity index (χ4n) is 1.52. The molecule has 1 aliphatic carbocycles. The smallest absolute Gasteiger partial charge is 0.129 e. The second kappa shape index (κ2) is 4.60. The van der Waals surface area contributed by atoms with Crippen molar-refractivity contribution in [2.45, 2.75) is 18.9 Å². The van der Waals surface area contributed by atoms with Gasteiger partial charge in [0.15, 0.2) is 0 Å². The molecule has 0 aromatic heterocycles. The van der Waals surface area contributed by atoms with E-state index in [0.717, 1.165) is 17.3 Å². The molecule has 2 rings (SSSR count). The zero-order valence-electron chi connectivity index (χ0n) is 7.54. The largest absolute Gasteiger partial charge is 0.324 e. The molecule has 0 spiro atoms. The van der Waals surface area contributed by atoms with E-state index in [1.54, 1.807) is 6.07 Å². The quantitative estimate of drug-likeness (QED) is 0.882. The van der Waals surface area contributed by atoms with E-state index < -0.39 is 0 Å². The average Bonchev–Trinajstić information content (AvgIpc) is 2.85. The van der Waals surface area contributed by atoms with Gasteiger partial charge < -0.3 is 5.73 Å². The van der Waals surface area contributed by atoms with Crippen LogP contribution in [0, 0.1) is 11.7 Å². The molecule has 0 aliphatic heterocycles. The van der Waals surface area contributed by atoms with Crippen molar-refractivity contribution in [1.29, 1.82) is 0 Å². The highest BCUT2D eigenvalue weighted by atomic mass is 79.9. The Kier molecular flexibility index (Phi) is 3.93. The molecule has 1 aliphatic rings. The molecular formula is C10H12BrClFN. The van der Waals surface area contributed by atoms with E-state index in [4.69, 9.17) is 5.73 Å². The number of hydrogen-bond acceptors (Lipinski definition) is 1. The van der Waals surface area contributed by atoms with Gasteiger partial charge in [0.05, 0.1) is 0 Å². The normalized spacial score (nSPS) is 17.4. The number of rotatable bonds is 2. The highest BCUT2D eigenvalue weighted by Crippen LogP contribution is 2.42. The summed E-state index contributed by atoms with van der Waals surface area (Å²) < 4.78 is 14.2. The summed E-state index contributed by atoms with van der Waals surface area (Å²) in [5, 5.41) is 0. The molecule has 0 heterocycles. The lowest BCUT2D eigenvalue weighted by Gasteiger charge is -2.13. The molecule has 1 aromatic rings. The van der Waals surface area contributed by atoms with E-state index in [0.29, 0.717) is 11.5 Å². The topological polar surface area (TPSA) is 26.0 Å². The summed E-state index contributed by atoms with van der Waals surface area (Å²) in [4.78, 5) is 0. The molecule has 2 N–H and O–H groups in total. The molecular weight excluding hydrogens is 268 g/mol. The Morgan fingerprint density at radius 1 is 1.43 bits per heavy atom. The molecule has 0 unspecified atom stereocenters. The first-order chi connectivity index (χ1) is 6.20. The van der Waals surface area contributed by atoms with Gasteiger partial charge in [-0.25, -0.2) is 4.39 Å². The zero-order valence-corrected chi connectivity index (χ0v) is 9.94. The van der Waals surface area contributed by atoms with Crippen molar-refractivity contribution in [3.63, 3.8) is 0 Å². The van der Waals surface area contributed by atoms with E-state index in [2.05, 4.69) is 15.9 Å². The molecule has 1 fully saturated rings. The predicted molar refractivity (Wildman–Crippen MR) is 61.0 cm³/mol. The third-order valence-corrected chi connectivity index (χ3v) is 3.15. The van der Waals surface area contributed by atoms with Crippen LogP contribution >= 0.6 is 28.3 Å². The van der Waals surface area contributed by atoms with Gasteiger partial charge in [-0.1, -0.05) is 22.0 Å². The summed E-state index contributed by atoms with van der Waals surface area (Å²) >= 11 is 3.32. The molecule has 0 bridgehead atoms. The van der Waals surface area contributed by atoms with Gasteiger partial charge in [0.25, 0.3) is 0 Å².